The van der Waals surface area contributed by atoms with E-state index in [0.717, 1.165) is 18.3 Å². The fourth-order valence-electron chi connectivity index (χ4n) is 1.19. The number of aromatic nitrogens is 1. The van der Waals surface area contributed by atoms with Crippen LogP contribution in [0.5, 0.6) is 0 Å². The van der Waals surface area contributed by atoms with Gasteiger partial charge in [0.05, 0.1) is 6.42 Å². The molecule has 1 rings (SSSR count). The van der Waals surface area contributed by atoms with Crippen LogP contribution in [-0.4, -0.2) is 22.5 Å². The number of hydrogen-bond donors (Lipinski definition) is 1. The molecule has 1 aromatic rings. The molecule has 0 radical (unpaired) electrons. The average molecular weight is 278 g/mol. The predicted molar refractivity (Wildman–Crippen MR) is 66.0 cm³/mol. The van der Waals surface area contributed by atoms with E-state index in [2.05, 4.69) is 4.98 Å². The molecular formula is C11H16F2N2O2S. The molecule has 0 unspecified atom stereocenters. The second-order valence-electron chi connectivity index (χ2n) is 5.07. The van der Waals surface area contributed by atoms with Crippen molar-refractivity contribution in [1.82, 2.24) is 4.98 Å². The second-order valence-corrected chi connectivity index (χ2v) is 6.18. The lowest BCUT2D eigenvalue weighted by molar-refractivity contribution is 0.00602. The molecule has 0 aliphatic heterocycles. The van der Waals surface area contributed by atoms with Crippen LogP contribution in [0.2, 0.25) is 0 Å². The van der Waals surface area contributed by atoms with Gasteiger partial charge < -0.3 is 10.5 Å². The predicted octanol–water partition coefficient (Wildman–Crippen LogP) is 2.88. The second kappa shape index (κ2) is 4.79. The molecule has 0 aliphatic rings. The largest absolute Gasteiger partial charge is 0.455 e. The van der Waals surface area contributed by atoms with Crippen LogP contribution in [0.4, 0.5) is 13.8 Å². The lowest BCUT2D eigenvalue weighted by Crippen LogP contribution is -2.24. The van der Waals surface area contributed by atoms with E-state index in [1.807, 2.05) is 0 Å². The number of rotatable bonds is 3. The summed E-state index contributed by atoms with van der Waals surface area (Å²) in [5.41, 5.74) is 4.82. The van der Waals surface area contributed by atoms with Crippen molar-refractivity contribution in [2.75, 3.05) is 5.73 Å². The van der Waals surface area contributed by atoms with Gasteiger partial charge in [-0.15, -0.1) is 11.3 Å². The number of nitrogen functional groups attached to an aromatic ring is 1. The minimum absolute atomic E-state index is 0.0887. The third kappa shape index (κ3) is 4.56. The van der Waals surface area contributed by atoms with Gasteiger partial charge in [0.1, 0.15) is 15.6 Å². The van der Waals surface area contributed by atoms with E-state index < -0.39 is 23.9 Å². The van der Waals surface area contributed by atoms with Crippen molar-refractivity contribution in [3.05, 3.63) is 10.7 Å². The first-order chi connectivity index (χ1) is 7.98. The normalized spacial score (nSPS) is 12.6. The van der Waals surface area contributed by atoms with Gasteiger partial charge in [0.15, 0.2) is 5.69 Å². The standard InChI is InChI=1S/C11H16F2N2O2S/c1-10(2,3)17-9(16)7-8(14)18-6(15-7)5-11(4,12)13/h5,14H2,1-4H3. The van der Waals surface area contributed by atoms with Crippen molar-refractivity contribution in [1.29, 1.82) is 0 Å². The summed E-state index contributed by atoms with van der Waals surface area (Å²) in [5, 5.41) is 0.226. The zero-order valence-electron chi connectivity index (χ0n) is 10.7. The first kappa shape index (κ1) is 14.8. The lowest BCUT2D eigenvalue weighted by Gasteiger charge is -2.18. The molecule has 0 spiro atoms. The van der Waals surface area contributed by atoms with E-state index in [1.54, 1.807) is 20.8 Å². The van der Waals surface area contributed by atoms with Gasteiger partial charge in [-0.2, -0.15) is 0 Å². The average Bonchev–Trinajstić information content (AvgIpc) is 2.39. The highest BCUT2D eigenvalue weighted by molar-refractivity contribution is 7.15. The summed E-state index contributed by atoms with van der Waals surface area (Å²) in [6.07, 6.45) is -0.537. The summed E-state index contributed by atoms with van der Waals surface area (Å²) >= 11 is 0.881. The Morgan fingerprint density at radius 1 is 1.39 bits per heavy atom. The Morgan fingerprint density at radius 3 is 2.39 bits per heavy atom. The van der Waals surface area contributed by atoms with E-state index in [1.165, 1.54) is 0 Å². The number of esters is 1. The third-order valence-corrected chi connectivity index (χ3v) is 2.64. The van der Waals surface area contributed by atoms with E-state index in [9.17, 15) is 13.6 Å². The van der Waals surface area contributed by atoms with Crippen LogP contribution in [0.3, 0.4) is 0 Å². The van der Waals surface area contributed by atoms with Crippen LogP contribution in [-0.2, 0) is 11.2 Å². The van der Waals surface area contributed by atoms with Gasteiger partial charge in [-0.25, -0.2) is 18.6 Å². The number of carbonyl (C=O) groups is 1. The lowest BCUT2D eigenvalue weighted by atomic mass is 10.2. The molecule has 0 saturated carbocycles. The molecule has 1 aromatic heterocycles. The van der Waals surface area contributed by atoms with Crippen molar-refractivity contribution < 1.29 is 18.3 Å². The number of alkyl halides is 2. The van der Waals surface area contributed by atoms with Crippen LogP contribution in [0.15, 0.2) is 0 Å². The molecular weight excluding hydrogens is 262 g/mol. The summed E-state index contributed by atoms with van der Waals surface area (Å²) in [6.45, 7) is 5.90. The molecule has 0 atom stereocenters. The van der Waals surface area contributed by atoms with E-state index in [0.29, 0.717) is 0 Å². The summed E-state index contributed by atoms with van der Waals surface area (Å²) in [5.74, 6) is -3.57. The van der Waals surface area contributed by atoms with E-state index in [4.69, 9.17) is 10.5 Å². The molecule has 0 saturated heterocycles. The molecule has 0 fully saturated rings. The maximum Gasteiger partial charge on any atom is 0.360 e. The Bertz CT molecular complexity index is 447. The maximum atomic E-state index is 12.8. The van der Waals surface area contributed by atoms with Gasteiger partial charge in [-0.3, -0.25) is 0 Å². The Kier molecular flexibility index (Phi) is 3.95. The maximum absolute atomic E-state index is 12.8. The van der Waals surface area contributed by atoms with Gasteiger partial charge in [0, 0.05) is 0 Å². The summed E-state index contributed by atoms with van der Waals surface area (Å²) < 4.78 is 30.7. The van der Waals surface area contributed by atoms with Crippen molar-refractivity contribution in [3.8, 4) is 0 Å². The zero-order valence-corrected chi connectivity index (χ0v) is 11.5. The topological polar surface area (TPSA) is 65.2 Å². The molecule has 0 aromatic carbocycles. The van der Waals surface area contributed by atoms with Crippen molar-refractivity contribution >= 4 is 22.3 Å². The van der Waals surface area contributed by atoms with Crippen LogP contribution < -0.4 is 5.73 Å². The van der Waals surface area contributed by atoms with Crippen LogP contribution in [0.25, 0.3) is 0 Å². The Balaban J connectivity index is 2.88. The molecule has 0 amide bonds. The van der Waals surface area contributed by atoms with Crippen molar-refractivity contribution in [2.45, 2.75) is 45.6 Å². The van der Waals surface area contributed by atoms with Crippen LogP contribution in [0.1, 0.15) is 43.2 Å². The number of nitrogens with two attached hydrogens (primary N) is 1. The Morgan fingerprint density at radius 2 is 1.94 bits per heavy atom. The van der Waals surface area contributed by atoms with Crippen molar-refractivity contribution in [2.24, 2.45) is 0 Å². The van der Waals surface area contributed by atoms with Crippen LogP contribution >= 0.6 is 11.3 Å². The number of thiazole rings is 1. The quantitative estimate of drug-likeness (QED) is 0.863. The van der Waals surface area contributed by atoms with Gasteiger partial charge in [0.25, 0.3) is 5.92 Å². The van der Waals surface area contributed by atoms with Gasteiger partial charge in [-0.05, 0) is 27.7 Å². The highest BCUT2D eigenvalue weighted by Crippen LogP contribution is 2.28. The Hall–Kier alpha value is -1.24. The number of hydrogen-bond acceptors (Lipinski definition) is 5. The number of ether oxygens (including phenoxy) is 1. The number of anilines is 1. The third-order valence-electron chi connectivity index (χ3n) is 1.75. The molecule has 0 aliphatic carbocycles. The molecule has 7 heteroatoms. The summed E-state index contributed by atoms with van der Waals surface area (Å²) in [7, 11) is 0. The molecule has 102 valence electrons. The van der Waals surface area contributed by atoms with Crippen LogP contribution in [0, 0.1) is 0 Å². The monoisotopic (exact) mass is 278 g/mol. The molecule has 4 nitrogen and oxygen atoms in total. The van der Waals surface area contributed by atoms with Gasteiger partial charge in [-0.1, -0.05) is 0 Å². The number of nitrogens with zero attached hydrogens (tertiary/aromatic N) is 1. The van der Waals surface area contributed by atoms with E-state index in [-0.39, 0.29) is 15.7 Å². The van der Waals surface area contributed by atoms with Gasteiger partial charge in [0.2, 0.25) is 0 Å². The summed E-state index contributed by atoms with van der Waals surface area (Å²) in [4.78, 5) is 15.5. The highest BCUT2D eigenvalue weighted by atomic mass is 32.1. The van der Waals surface area contributed by atoms with E-state index >= 15 is 0 Å². The fourth-order valence-corrected chi connectivity index (χ4v) is 2.13. The number of carbonyl (C=O) groups excluding carboxylic acids is 1. The zero-order chi connectivity index (χ0) is 14.1. The summed E-state index contributed by atoms with van der Waals surface area (Å²) in [6, 6.07) is 0. The molecule has 1 heterocycles. The Labute approximate surface area is 108 Å². The molecule has 2 N–H and O–H groups in total. The van der Waals surface area contributed by atoms with Gasteiger partial charge >= 0.3 is 5.97 Å². The first-order valence-corrected chi connectivity index (χ1v) is 6.16. The smallest absolute Gasteiger partial charge is 0.360 e. The van der Waals surface area contributed by atoms with Crippen molar-refractivity contribution in [3.63, 3.8) is 0 Å². The number of halogens is 2. The highest BCUT2D eigenvalue weighted by Gasteiger charge is 2.27. The minimum atomic E-state index is -2.88. The SMILES string of the molecule is CC(F)(F)Cc1nc(C(=O)OC(C)(C)C)c(N)s1. The molecule has 18 heavy (non-hydrogen) atoms. The molecule has 0 bridgehead atoms. The minimum Gasteiger partial charge on any atom is -0.455 e. The fraction of sp³-hybridized carbons (Fsp3) is 0.636. The first-order valence-electron chi connectivity index (χ1n) is 5.34.